The van der Waals surface area contributed by atoms with Crippen molar-refractivity contribution in [3.8, 4) is 56.2 Å². The molecule has 0 unspecified atom stereocenters. The lowest BCUT2D eigenvalue weighted by Crippen LogP contribution is -2.61. The first-order chi connectivity index (χ1) is 31.2. The Morgan fingerprint density at radius 2 is 0.651 bits per heavy atom. The van der Waals surface area contributed by atoms with Crippen molar-refractivity contribution in [1.29, 1.82) is 0 Å². The highest BCUT2D eigenvalue weighted by Gasteiger charge is 2.43. The summed E-state index contributed by atoms with van der Waals surface area (Å²) < 4.78 is 0. The van der Waals surface area contributed by atoms with Crippen LogP contribution in [0, 0.1) is 0 Å². The fourth-order valence-corrected chi connectivity index (χ4v) is 9.54. The Kier molecular flexibility index (Phi) is 8.89. The molecule has 63 heavy (non-hydrogen) atoms. The van der Waals surface area contributed by atoms with Crippen molar-refractivity contribution in [2.45, 2.75) is 0 Å². The van der Waals surface area contributed by atoms with E-state index < -0.39 is 0 Å². The van der Waals surface area contributed by atoms with Crippen LogP contribution < -0.4 is 26.2 Å². The Labute approximate surface area is 368 Å². The lowest BCUT2D eigenvalue weighted by atomic mass is 9.33. The van der Waals surface area contributed by atoms with Crippen LogP contribution in [-0.2, 0) is 0 Å². The van der Waals surface area contributed by atoms with Crippen molar-refractivity contribution >= 4 is 57.2 Å². The predicted molar refractivity (Wildman–Crippen MR) is 263 cm³/mol. The summed E-state index contributed by atoms with van der Waals surface area (Å²) in [5, 5.41) is 0. The Hall–Kier alpha value is -8.28. The van der Waals surface area contributed by atoms with E-state index >= 15 is 0 Å². The normalized spacial score (nSPS) is 12.3. The van der Waals surface area contributed by atoms with Crippen LogP contribution in [0.15, 0.2) is 237 Å². The molecular weight excluding hydrogens is 763 g/mol. The lowest BCUT2D eigenvalue weighted by molar-refractivity contribution is 1.18. The second-order valence-electron chi connectivity index (χ2n) is 16.2. The zero-order valence-corrected chi connectivity index (χ0v) is 34.4. The van der Waals surface area contributed by atoms with Gasteiger partial charge in [0.15, 0.2) is 5.82 Å². The number of para-hydroxylation sites is 2. The topological polar surface area (TPSA) is 32.3 Å². The van der Waals surface area contributed by atoms with Gasteiger partial charge in [-0.05, 0) is 93.2 Å². The summed E-state index contributed by atoms with van der Waals surface area (Å²) in [5.74, 6) is 0.689. The van der Waals surface area contributed by atoms with Gasteiger partial charge in [0, 0.05) is 50.8 Å². The van der Waals surface area contributed by atoms with Crippen LogP contribution in [0.1, 0.15) is 0 Å². The Morgan fingerprint density at radius 1 is 0.286 bits per heavy atom. The van der Waals surface area contributed by atoms with Gasteiger partial charge in [-0.1, -0.05) is 182 Å². The van der Waals surface area contributed by atoms with Crippen LogP contribution in [0.3, 0.4) is 0 Å². The number of rotatable bonds is 7. The highest BCUT2D eigenvalue weighted by molar-refractivity contribution is 7.00. The molecule has 9 aromatic carbocycles. The number of hydrogen-bond donors (Lipinski definition) is 0. The number of hydrogen-bond acceptors (Lipinski definition) is 4. The van der Waals surface area contributed by atoms with Crippen LogP contribution in [-0.4, -0.2) is 16.7 Å². The van der Waals surface area contributed by atoms with Crippen LogP contribution in [0.2, 0.25) is 0 Å². The number of nitrogens with zero attached hydrogens (tertiary/aromatic N) is 4. The molecule has 12 rings (SSSR count). The summed E-state index contributed by atoms with van der Waals surface area (Å²) in [7, 11) is 0. The first kappa shape index (κ1) is 36.6. The van der Waals surface area contributed by atoms with Crippen LogP contribution in [0.5, 0.6) is 0 Å². The van der Waals surface area contributed by atoms with Crippen molar-refractivity contribution in [1.82, 2.24) is 9.97 Å². The van der Waals surface area contributed by atoms with E-state index in [1.54, 1.807) is 0 Å². The summed E-state index contributed by atoms with van der Waals surface area (Å²) >= 11 is 0. The largest absolute Gasteiger partial charge is 0.311 e. The van der Waals surface area contributed by atoms with E-state index in [-0.39, 0.29) is 6.71 Å². The van der Waals surface area contributed by atoms with Gasteiger partial charge in [-0.2, -0.15) is 0 Å². The SMILES string of the molecule is c1ccc(-c2ccc(N3c4ccccc4B4c5ccccc5N(c5ccc(-c6ccccc6)cc5)c5cc(-c6cc(-c7ccccc7)nc(-c7ccccc7)n6)cc3c54)cc2)cc1. The van der Waals surface area contributed by atoms with Gasteiger partial charge in [0.05, 0.1) is 11.4 Å². The molecule has 294 valence electrons. The van der Waals surface area contributed by atoms with E-state index in [9.17, 15) is 0 Å². The molecule has 0 aliphatic carbocycles. The van der Waals surface area contributed by atoms with E-state index in [2.05, 4.69) is 222 Å². The third-order valence-corrected chi connectivity index (χ3v) is 12.5. The summed E-state index contributed by atoms with van der Waals surface area (Å²) in [6.07, 6.45) is 0. The Balaban J connectivity index is 1.13. The van der Waals surface area contributed by atoms with Gasteiger partial charge in [0.1, 0.15) is 0 Å². The highest BCUT2D eigenvalue weighted by Crippen LogP contribution is 2.46. The molecule has 0 bridgehead atoms. The predicted octanol–water partition coefficient (Wildman–Crippen LogP) is 12.9. The summed E-state index contributed by atoms with van der Waals surface area (Å²) in [5.41, 5.74) is 20.1. The molecule has 4 nitrogen and oxygen atoms in total. The standard InChI is InChI=1S/C58H39BN4/c1-5-17-40(18-6-1)42-29-33-47(34-30-42)62-53-27-15-13-25-49(53)59-50-26-14-16-28-54(50)63(48-35-31-43(32-36-48)41-19-7-2-8-20-41)56-38-46(37-55(62)57(56)59)52-39-51(44-21-9-3-10-22-44)60-58(61-52)45-23-11-4-12-24-45/h1-39H. The number of fused-ring (bicyclic) bond motifs is 4. The van der Waals surface area contributed by atoms with E-state index in [0.29, 0.717) is 5.82 Å². The minimum absolute atomic E-state index is 0.00120. The fraction of sp³-hybridized carbons (Fsp3) is 0. The van der Waals surface area contributed by atoms with E-state index in [4.69, 9.17) is 9.97 Å². The molecule has 1 aromatic heterocycles. The van der Waals surface area contributed by atoms with Gasteiger partial charge in [-0.25, -0.2) is 9.97 Å². The molecule has 0 saturated heterocycles. The molecule has 0 amide bonds. The maximum absolute atomic E-state index is 5.39. The molecule has 0 N–H and O–H groups in total. The maximum atomic E-state index is 5.39. The quantitative estimate of drug-likeness (QED) is 0.150. The van der Waals surface area contributed by atoms with Crippen molar-refractivity contribution < 1.29 is 0 Å². The highest BCUT2D eigenvalue weighted by atomic mass is 15.2. The molecule has 0 fully saturated rings. The van der Waals surface area contributed by atoms with Crippen molar-refractivity contribution in [2.75, 3.05) is 9.80 Å². The van der Waals surface area contributed by atoms with Crippen molar-refractivity contribution in [3.63, 3.8) is 0 Å². The summed E-state index contributed by atoms with van der Waals surface area (Å²) in [6.45, 7) is 0.00120. The molecule has 3 heterocycles. The second kappa shape index (κ2) is 15.3. The number of benzene rings is 9. The zero-order chi connectivity index (χ0) is 41.7. The summed E-state index contributed by atoms with van der Waals surface area (Å²) in [6, 6.07) is 84.7. The average molecular weight is 803 g/mol. The molecule has 5 heteroatoms. The smallest absolute Gasteiger partial charge is 0.252 e. The Morgan fingerprint density at radius 3 is 1.11 bits per heavy atom. The molecule has 0 radical (unpaired) electrons. The fourth-order valence-electron chi connectivity index (χ4n) is 9.54. The van der Waals surface area contributed by atoms with Gasteiger partial charge in [-0.3, -0.25) is 0 Å². The van der Waals surface area contributed by atoms with Gasteiger partial charge in [0.2, 0.25) is 0 Å². The third-order valence-electron chi connectivity index (χ3n) is 12.5. The van der Waals surface area contributed by atoms with E-state index in [0.717, 1.165) is 50.8 Å². The van der Waals surface area contributed by atoms with Crippen LogP contribution in [0.4, 0.5) is 34.1 Å². The van der Waals surface area contributed by atoms with Crippen molar-refractivity contribution in [3.05, 3.63) is 237 Å². The molecule has 10 aromatic rings. The van der Waals surface area contributed by atoms with Crippen LogP contribution in [0.25, 0.3) is 56.2 Å². The summed E-state index contributed by atoms with van der Waals surface area (Å²) in [4.78, 5) is 15.5. The Bertz CT molecular complexity index is 3050. The average Bonchev–Trinajstić information content (AvgIpc) is 3.37. The third kappa shape index (κ3) is 6.41. The lowest BCUT2D eigenvalue weighted by Gasteiger charge is -2.44. The number of anilines is 6. The molecular formula is C58H39BN4. The first-order valence-electron chi connectivity index (χ1n) is 21.5. The molecule has 0 spiro atoms. The monoisotopic (exact) mass is 802 g/mol. The minimum Gasteiger partial charge on any atom is -0.311 e. The maximum Gasteiger partial charge on any atom is 0.252 e. The second-order valence-corrected chi connectivity index (χ2v) is 16.2. The van der Waals surface area contributed by atoms with Crippen LogP contribution >= 0.6 is 0 Å². The van der Waals surface area contributed by atoms with Gasteiger partial charge >= 0.3 is 0 Å². The molecule has 2 aliphatic rings. The first-order valence-corrected chi connectivity index (χ1v) is 21.5. The molecule has 0 saturated carbocycles. The molecule has 2 aliphatic heterocycles. The van der Waals surface area contributed by atoms with E-state index in [1.165, 1.54) is 50.0 Å². The van der Waals surface area contributed by atoms with E-state index in [1.807, 2.05) is 24.3 Å². The van der Waals surface area contributed by atoms with Gasteiger partial charge in [-0.15, -0.1) is 0 Å². The molecule has 0 atom stereocenters. The van der Waals surface area contributed by atoms with Gasteiger partial charge < -0.3 is 9.80 Å². The zero-order valence-electron chi connectivity index (χ0n) is 34.4. The number of aromatic nitrogens is 2. The minimum atomic E-state index is 0.00120. The van der Waals surface area contributed by atoms with Gasteiger partial charge in [0.25, 0.3) is 6.71 Å². The van der Waals surface area contributed by atoms with Crippen molar-refractivity contribution in [2.24, 2.45) is 0 Å².